The van der Waals surface area contributed by atoms with Crippen LogP contribution >= 0.6 is 0 Å². The standard InChI is InChI=1S/C15H21NO4/c1-16-15(11-4-5-11,14(17)19-3)10-20-13-8-6-12(18-2)7-9-13/h6-9,11,16H,4-5,10H2,1-3H3. The molecule has 1 fully saturated rings. The molecule has 1 aliphatic rings. The van der Waals surface area contributed by atoms with Gasteiger partial charge in [0.05, 0.1) is 14.2 Å². The van der Waals surface area contributed by atoms with Crippen LogP contribution in [0.1, 0.15) is 12.8 Å². The molecule has 110 valence electrons. The number of carbonyl (C=O) groups excluding carboxylic acids is 1. The van der Waals surface area contributed by atoms with E-state index in [-0.39, 0.29) is 18.5 Å². The number of rotatable bonds is 7. The highest BCUT2D eigenvalue weighted by Gasteiger charge is 2.51. The molecule has 0 aromatic heterocycles. The van der Waals surface area contributed by atoms with E-state index in [1.54, 1.807) is 14.2 Å². The molecule has 1 aromatic carbocycles. The van der Waals surface area contributed by atoms with Gasteiger partial charge in [-0.15, -0.1) is 0 Å². The molecule has 5 heteroatoms. The van der Waals surface area contributed by atoms with E-state index in [9.17, 15) is 4.79 Å². The second kappa shape index (κ2) is 6.13. The quantitative estimate of drug-likeness (QED) is 0.769. The molecular formula is C15H21NO4. The van der Waals surface area contributed by atoms with Crippen LogP contribution in [0.15, 0.2) is 24.3 Å². The fourth-order valence-corrected chi connectivity index (χ4v) is 2.35. The van der Waals surface area contributed by atoms with Gasteiger partial charge in [-0.2, -0.15) is 0 Å². The van der Waals surface area contributed by atoms with E-state index in [1.165, 1.54) is 7.11 Å². The fraction of sp³-hybridized carbons (Fsp3) is 0.533. The SMILES string of the molecule is CNC(COc1ccc(OC)cc1)(C(=O)OC)C1CC1. The van der Waals surface area contributed by atoms with Crippen LogP contribution in [0.4, 0.5) is 0 Å². The summed E-state index contributed by atoms with van der Waals surface area (Å²) in [6.45, 7) is 0.257. The molecule has 0 bridgehead atoms. The first-order valence-electron chi connectivity index (χ1n) is 6.70. The molecule has 1 unspecified atom stereocenters. The van der Waals surface area contributed by atoms with E-state index >= 15 is 0 Å². The Balaban J connectivity index is 2.06. The Morgan fingerprint density at radius 1 is 1.25 bits per heavy atom. The molecule has 1 saturated carbocycles. The van der Waals surface area contributed by atoms with Gasteiger partial charge in [-0.1, -0.05) is 0 Å². The smallest absolute Gasteiger partial charge is 0.329 e. The van der Waals surface area contributed by atoms with Crippen molar-refractivity contribution >= 4 is 5.97 Å². The van der Waals surface area contributed by atoms with Gasteiger partial charge in [-0.25, -0.2) is 4.79 Å². The maximum absolute atomic E-state index is 12.1. The van der Waals surface area contributed by atoms with Gasteiger partial charge in [-0.05, 0) is 50.1 Å². The van der Waals surface area contributed by atoms with Crippen molar-refractivity contribution in [1.82, 2.24) is 5.32 Å². The van der Waals surface area contributed by atoms with Crippen LogP contribution < -0.4 is 14.8 Å². The summed E-state index contributed by atoms with van der Waals surface area (Å²) in [7, 11) is 4.79. The summed E-state index contributed by atoms with van der Waals surface area (Å²) in [4.78, 5) is 12.1. The largest absolute Gasteiger partial charge is 0.497 e. The lowest BCUT2D eigenvalue weighted by Gasteiger charge is -2.30. The third kappa shape index (κ3) is 2.88. The van der Waals surface area contributed by atoms with Gasteiger partial charge < -0.3 is 19.5 Å². The van der Waals surface area contributed by atoms with Gasteiger partial charge in [0.1, 0.15) is 18.1 Å². The summed E-state index contributed by atoms with van der Waals surface area (Å²) in [5.41, 5.74) is -0.755. The van der Waals surface area contributed by atoms with Crippen molar-refractivity contribution in [2.24, 2.45) is 5.92 Å². The van der Waals surface area contributed by atoms with Crippen molar-refractivity contribution in [3.8, 4) is 11.5 Å². The Bertz CT molecular complexity index is 455. The molecule has 1 aliphatic carbocycles. The normalized spacial score (nSPS) is 17.1. The summed E-state index contributed by atoms with van der Waals surface area (Å²) >= 11 is 0. The average Bonchev–Trinajstić information content (AvgIpc) is 3.33. The zero-order valence-corrected chi connectivity index (χ0v) is 12.1. The second-order valence-corrected chi connectivity index (χ2v) is 4.95. The lowest BCUT2D eigenvalue weighted by atomic mass is 9.94. The van der Waals surface area contributed by atoms with Gasteiger partial charge in [0.25, 0.3) is 0 Å². The third-order valence-electron chi connectivity index (χ3n) is 3.80. The van der Waals surface area contributed by atoms with Crippen LogP contribution in [0.5, 0.6) is 11.5 Å². The van der Waals surface area contributed by atoms with E-state index in [2.05, 4.69) is 5.32 Å². The molecule has 1 aromatic rings. The first-order chi connectivity index (χ1) is 9.66. The minimum Gasteiger partial charge on any atom is -0.497 e. The predicted octanol–water partition coefficient (Wildman–Crippen LogP) is 1.62. The number of hydrogen-bond donors (Lipinski definition) is 1. The number of nitrogens with one attached hydrogen (secondary N) is 1. The van der Waals surface area contributed by atoms with Crippen molar-refractivity contribution in [2.75, 3.05) is 27.9 Å². The first-order valence-corrected chi connectivity index (χ1v) is 6.70. The second-order valence-electron chi connectivity index (χ2n) is 4.95. The first kappa shape index (κ1) is 14.7. The lowest BCUT2D eigenvalue weighted by molar-refractivity contribution is -0.151. The highest BCUT2D eigenvalue weighted by molar-refractivity contribution is 5.82. The van der Waals surface area contributed by atoms with Gasteiger partial charge in [0.2, 0.25) is 0 Å². The number of carbonyl (C=O) groups is 1. The number of benzene rings is 1. The lowest BCUT2D eigenvalue weighted by Crippen LogP contribution is -2.57. The predicted molar refractivity (Wildman–Crippen MR) is 75.0 cm³/mol. The molecule has 0 aliphatic heterocycles. The molecule has 20 heavy (non-hydrogen) atoms. The number of likely N-dealkylation sites (N-methyl/N-ethyl adjacent to an activating group) is 1. The van der Waals surface area contributed by atoms with Crippen LogP contribution in [0, 0.1) is 5.92 Å². The van der Waals surface area contributed by atoms with Gasteiger partial charge in [-0.3, -0.25) is 0 Å². The van der Waals surface area contributed by atoms with Crippen LogP contribution in [-0.2, 0) is 9.53 Å². The zero-order valence-electron chi connectivity index (χ0n) is 12.1. The van der Waals surface area contributed by atoms with Gasteiger partial charge in [0.15, 0.2) is 5.54 Å². The molecular weight excluding hydrogens is 258 g/mol. The van der Waals surface area contributed by atoms with E-state index < -0.39 is 5.54 Å². The summed E-state index contributed by atoms with van der Waals surface area (Å²) < 4.78 is 15.8. The van der Waals surface area contributed by atoms with E-state index in [0.29, 0.717) is 5.75 Å². The molecule has 5 nitrogen and oxygen atoms in total. The van der Waals surface area contributed by atoms with E-state index in [0.717, 1.165) is 18.6 Å². The number of hydrogen-bond acceptors (Lipinski definition) is 5. The molecule has 0 radical (unpaired) electrons. The zero-order chi connectivity index (χ0) is 14.6. The monoisotopic (exact) mass is 279 g/mol. The molecule has 1 N–H and O–H groups in total. The van der Waals surface area contributed by atoms with Crippen molar-refractivity contribution in [3.05, 3.63) is 24.3 Å². The average molecular weight is 279 g/mol. The number of ether oxygens (including phenoxy) is 3. The minimum atomic E-state index is -0.755. The maximum Gasteiger partial charge on any atom is 0.329 e. The van der Waals surface area contributed by atoms with Crippen LogP contribution in [-0.4, -0.2) is 39.4 Å². The van der Waals surface area contributed by atoms with E-state index in [1.807, 2.05) is 24.3 Å². The molecule has 1 atom stereocenters. The van der Waals surface area contributed by atoms with Crippen molar-refractivity contribution < 1.29 is 19.0 Å². The highest BCUT2D eigenvalue weighted by atomic mass is 16.5. The molecule has 0 spiro atoms. The molecule has 2 rings (SSSR count). The number of methoxy groups -OCH3 is 2. The van der Waals surface area contributed by atoms with Crippen molar-refractivity contribution in [1.29, 1.82) is 0 Å². The van der Waals surface area contributed by atoms with Crippen LogP contribution in [0.3, 0.4) is 0 Å². The third-order valence-corrected chi connectivity index (χ3v) is 3.80. The topological polar surface area (TPSA) is 56.8 Å². The fourth-order valence-electron chi connectivity index (χ4n) is 2.35. The number of esters is 1. The highest BCUT2D eigenvalue weighted by Crippen LogP contribution is 2.40. The maximum atomic E-state index is 12.1. The minimum absolute atomic E-state index is 0.257. The Morgan fingerprint density at radius 2 is 1.85 bits per heavy atom. The van der Waals surface area contributed by atoms with E-state index in [4.69, 9.17) is 14.2 Å². The molecule has 0 amide bonds. The van der Waals surface area contributed by atoms with Crippen LogP contribution in [0.25, 0.3) is 0 Å². The van der Waals surface area contributed by atoms with Gasteiger partial charge >= 0.3 is 5.97 Å². The summed E-state index contributed by atoms with van der Waals surface area (Å²) in [6.07, 6.45) is 2.03. The summed E-state index contributed by atoms with van der Waals surface area (Å²) in [6, 6.07) is 7.30. The summed E-state index contributed by atoms with van der Waals surface area (Å²) in [5, 5.41) is 3.10. The van der Waals surface area contributed by atoms with Crippen molar-refractivity contribution in [3.63, 3.8) is 0 Å². The van der Waals surface area contributed by atoms with Crippen LogP contribution in [0.2, 0.25) is 0 Å². The molecule has 0 saturated heterocycles. The Kier molecular flexibility index (Phi) is 4.49. The van der Waals surface area contributed by atoms with Crippen molar-refractivity contribution in [2.45, 2.75) is 18.4 Å². The summed E-state index contributed by atoms with van der Waals surface area (Å²) in [5.74, 6) is 1.48. The Morgan fingerprint density at radius 3 is 2.30 bits per heavy atom. The molecule has 0 heterocycles. The Hall–Kier alpha value is -1.75. The Labute approximate surface area is 119 Å². The van der Waals surface area contributed by atoms with Gasteiger partial charge in [0, 0.05) is 0 Å².